The summed E-state index contributed by atoms with van der Waals surface area (Å²) in [5, 5.41) is 3.70. The van der Waals surface area contributed by atoms with Crippen LogP contribution in [0.25, 0.3) is 10.4 Å². The number of carbonyl (C=O) groups is 1. The van der Waals surface area contributed by atoms with Gasteiger partial charge in [-0.25, -0.2) is 15.0 Å². The van der Waals surface area contributed by atoms with E-state index in [1.54, 1.807) is 25.3 Å². The van der Waals surface area contributed by atoms with Gasteiger partial charge in [0.15, 0.2) is 5.13 Å². The van der Waals surface area contributed by atoms with E-state index in [1.807, 2.05) is 12.1 Å². The lowest BCUT2D eigenvalue weighted by atomic mass is 9.97. The number of esters is 1. The number of piperidine rings is 1. The summed E-state index contributed by atoms with van der Waals surface area (Å²) in [4.78, 5) is 27.0. The third-order valence-corrected chi connectivity index (χ3v) is 6.34. The van der Waals surface area contributed by atoms with E-state index in [0.29, 0.717) is 12.3 Å². The maximum Gasteiger partial charge on any atom is 0.433 e. The molecule has 0 amide bonds. The molecule has 1 saturated heterocycles. The SMILES string of the molecule is CCOC(=O)C1CCN(c2ncc(-c3cccc(Nc4nccc(C(F)(F)F)n4)c3)s2)CC1. The lowest BCUT2D eigenvalue weighted by Gasteiger charge is -2.30. The van der Waals surface area contributed by atoms with E-state index in [9.17, 15) is 18.0 Å². The number of aromatic nitrogens is 3. The molecular formula is C22H22F3N5O2S. The topological polar surface area (TPSA) is 80.2 Å². The molecule has 2 aromatic heterocycles. The molecule has 0 radical (unpaired) electrons. The summed E-state index contributed by atoms with van der Waals surface area (Å²) in [7, 11) is 0. The monoisotopic (exact) mass is 477 g/mol. The summed E-state index contributed by atoms with van der Waals surface area (Å²) < 4.78 is 43.8. The molecule has 0 unspecified atom stereocenters. The van der Waals surface area contributed by atoms with E-state index >= 15 is 0 Å². The minimum Gasteiger partial charge on any atom is -0.466 e. The fourth-order valence-corrected chi connectivity index (χ4v) is 4.53. The maximum absolute atomic E-state index is 12.9. The van der Waals surface area contributed by atoms with E-state index < -0.39 is 11.9 Å². The first-order chi connectivity index (χ1) is 15.8. The number of nitrogens with one attached hydrogen (secondary N) is 1. The summed E-state index contributed by atoms with van der Waals surface area (Å²) in [6.07, 6.45) is -0.237. The first-order valence-corrected chi connectivity index (χ1v) is 11.3. The van der Waals surface area contributed by atoms with Crippen molar-refractivity contribution in [1.29, 1.82) is 0 Å². The van der Waals surface area contributed by atoms with Gasteiger partial charge in [-0.05, 0) is 43.5 Å². The van der Waals surface area contributed by atoms with Crippen LogP contribution in [0.1, 0.15) is 25.5 Å². The van der Waals surface area contributed by atoms with Gasteiger partial charge in [-0.1, -0.05) is 23.5 Å². The van der Waals surface area contributed by atoms with Gasteiger partial charge >= 0.3 is 12.1 Å². The lowest BCUT2D eigenvalue weighted by Crippen LogP contribution is -2.36. The van der Waals surface area contributed by atoms with Crippen LogP contribution >= 0.6 is 11.3 Å². The van der Waals surface area contributed by atoms with Crippen molar-refractivity contribution in [2.75, 3.05) is 29.9 Å². The zero-order chi connectivity index (χ0) is 23.4. The van der Waals surface area contributed by atoms with Crippen LogP contribution in [0.4, 0.5) is 29.9 Å². The Morgan fingerprint density at radius 3 is 2.76 bits per heavy atom. The molecule has 0 spiro atoms. The Morgan fingerprint density at radius 1 is 1.24 bits per heavy atom. The number of thiazole rings is 1. The van der Waals surface area contributed by atoms with Crippen LogP contribution in [0, 0.1) is 5.92 Å². The van der Waals surface area contributed by atoms with Crippen LogP contribution in [0.5, 0.6) is 0 Å². The van der Waals surface area contributed by atoms with Gasteiger partial charge in [0.05, 0.1) is 17.4 Å². The summed E-state index contributed by atoms with van der Waals surface area (Å²) in [5.41, 5.74) is 0.434. The van der Waals surface area contributed by atoms with Crippen LogP contribution in [0.2, 0.25) is 0 Å². The molecule has 1 N–H and O–H groups in total. The number of ether oxygens (including phenoxy) is 1. The molecule has 0 atom stereocenters. The van der Waals surface area contributed by atoms with Crippen molar-refractivity contribution in [3.8, 4) is 10.4 Å². The Kier molecular flexibility index (Phi) is 6.77. The van der Waals surface area contributed by atoms with E-state index in [4.69, 9.17) is 4.74 Å². The van der Waals surface area contributed by atoms with E-state index in [1.165, 1.54) is 11.3 Å². The quantitative estimate of drug-likeness (QED) is 0.492. The van der Waals surface area contributed by atoms with Crippen molar-refractivity contribution >= 4 is 34.1 Å². The molecule has 1 aliphatic rings. The second kappa shape index (κ2) is 9.74. The van der Waals surface area contributed by atoms with E-state index in [2.05, 4.69) is 25.2 Å². The van der Waals surface area contributed by atoms with Crippen molar-refractivity contribution in [2.24, 2.45) is 5.92 Å². The Bertz CT molecular complexity index is 1110. The van der Waals surface area contributed by atoms with E-state index in [-0.39, 0.29) is 17.8 Å². The summed E-state index contributed by atoms with van der Waals surface area (Å²) >= 11 is 1.52. The first kappa shape index (κ1) is 23.0. The van der Waals surface area contributed by atoms with Crippen LogP contribution in [0.3, 0.4) is 0 Å². The standard InChI is InChI=1S/C22H22F3N5O2S/c1-2-32-19(31)14-7-10-30(11-8-14)21-27-13-17(33-21)15-4-3-5-16(12-15)28-20-26-9-6-18(29-20)22(23,24)25/h3-6,9,12-14H,2,7-8,10-11H2,1H3,(H,26,28,29). The number of anilines is 3. The number of hydrogen-bond acceptors (Lipinski definition) is 8. The van der Waals surface area contributed by atoms with Crippen LogP contribution in [0.15, 0.2) is 42.7 Å². The number of alkyl halides is 3. The van der Waals surface area contributed by atoms with Crippen LogP contribution < -0.4 is 10.2 Å². The number of carbonyl (C=O) groups excluding carboxylic acids is 1. The normalized spacial score (nSPS) is 14.8. The summed E-state index contributed by atoms with van der Waals surface area (Å²) in [6.45, 7) is 3.65. The van der Waals surface area contributed by atoms with Crippen molar-refractivity contribution in [3.63, 3.8) is 0 Å². The molecule has 3 heterocycles. The fourth-order valence-electron chi connectivity index (χ4n) is 3.57. The minimum absolute atomic E-state index is 0.0681. The zero-order valence-electron chi connectivity index (χ0n) is 17.8. The Balaban J connectivity index is 1.43. The van der Waals surface area contributed by atoms with Crippen LogP contribution in [-0.2, 0) is 15.7 Å². The smallest absolute Gasteiger partial charge is 0.433 e. The molecule has 7 nitrogen and oxygen atoms in total. The van der Waals surface area contributed by atoms with E-state index in [0.717, 1.165) is 53.8 Å². The number of hydrogen-bond donors (Lipinski definition) is 1. The van der Waals surface area contributed by atoms with Gasteiger partial charge in [0.25, 0.3) is 0 Å². The highest BCUT2D eigenvalue weighted by Gasteiger charge is 2.32. The number of rotatable bonds is 6. The predicted molar refractivity (Wildman–Crippen MR) is 119 cm³/mol. The van der Waals surface area contributed by atoms with Gasteiger partial charge in [0.2, 0.25) is 5.95 Å². The molecule has 1 fully saturated rings. The third kappa shape index (κ3) is 5.59. The second-order valence-electron chi connectivity index (χ2n) is 7.49. The highest BCUT2D eigenvalue weighted by molar-refractivity contribution is 7.18. The molecule has 0 saturated carbocycles. The van der Waals surface area contributed by atoms with Crippen molar-refractivity contribution in [2.45, 2.75) is 25.9 Å². The molecule has 11 heteroatoms. The lowest BCUT2D eigenvalue weighted by molar-refractivity contribution is -0.148. The molecular weight excluding hydrogens is 455 g/mol. The molecule has 3 aromatic rings. The van der Waals surface area contributed by atoms with Crippen molar-refractivity contribution in [3.05, 3.63) is 48.4 Å². The molecule has 0 bridgehead atoms. The molecule has 33 heavy (non-hydrogen) atoms. The number of nitrogens with zero attached hydrogens (tertiary/aromatic N) is 4. The molecule has 4 rings (SSSR count). The minimum atomic E-state index is -4.54. The van der Waals surface area contributed by atoms with Gasteiger partial charge in [-0.3, -0.25) is 4.79 Å². The van der Waals surface area contributed by atoms with Gasteiger partial charge in [0, 0.05) is 31.2 Å². The summed E-state index contributed by atoms with van der Waals surface area (Å²) in [6, 6.07) is 8.08. The van der Waals surface area contributed by atoms with Gasteiger partial charge in [-0.2, -0.15) is 13.2 Å². The molecule has 174 valence electrons. The third-order valence-electron chi connectivity index (χ3n) is 5.23. The Labute approximate surface area is 192 Å². The van der Waals surface area contributed by atoms with Crippen molar-refractivity contribution in [1.82, 2.24) is 15.0 Å². The first-order valence-electron chi connectivity index (χ1n) is 10.5. The highest BCUT2D eigenvalue weighted by Crippen LogP contribution is 2.35. The average Bonchev–Trinajstić information content (AvgIpc) is 3.30. The van der Waals surface area contributed by atoms with Gasteiger partial charge < -0.3 is 15.0 Å². The highest BCUT2D eigenvalue weighted by atomic mass is 32.1. The zero-order valence-corrected chi connectivity index (χ0v) is 18.6. The molecule has 1 aliphatic heterocycles. The average molecular weight is 478 g/mol. The van der Waals surface area contributed by atoms with Crippen LogP contribution in [-0.4, -0.2) is 40.6 Å². The second-order valence-corrected chi connectivity index (χ2v) is 8.50. The van der Waals surface area contributed by atoms with Gasteiger partial charge in [0.1, 0.15) is 5.69 Å². The largest absolute Gasteiger partial charge is 0.466 e. The van der Waals surface area contributed by atoms with Gasteiger partial charge in [-0.15, -0.1) is 0 Å². The predicted octanol–water partition coefficient (Wildman–Crippen LogP) is 5.14. The maximum atomic E-state index is 12.9. The molecule has 0 aliphatic carbocycles. The Morgan fingerprint density at radius 2 is 2.03 bits per heavy atom. The fraction of sp³-hybridized carbons (Fsp3) is 0.364. The molecule has 1 aromatic carbocycles. The van der Waals surface area contributed by atoms with Crippen molar-refractivity contribution < 1.29 is 22.7 Å². The Hall–Kier alpha value is -3.21. The summed E-state index contributed by atoms with van der Waals surface area (Å²) in [5.74, 6) is -0.330. The number of halogens is 3. The number of benzene rings is 1.